The first-order valence-electron chi connectivity index (χ1n) is 8.56. The number of hydrogen-bond donors (Lipinski definition) is 2. The molecule has 0 aliphatic heterocycles. The van der Waals surface area contributed by atoms with Gasteiger partial charge in [0.15, 0.2) is 10.6 Å². The summed E-state index contributed by atoms with van der Waals surface area (Å²) < 4.78 is 2.14. The van der Waals surface area contributed by atoms with Gasteiger partial charge in [-0.2, -0.15) is 5.10 Å². The topological polar surface area (TPSA) is 62.7 Å². The average molecular weight is 366 g/mol. The van der Waals surface area contributed by atoms with E-state index in [-0.39, 0.29) is 12.5 Å². The van der Waals surface area contributed by atoms with Crippen molar-refractivity contribution in [3.8, 4) is 11.4 Å². The minimum Gasteiger partial charge on any atom is -0.324 e. The van der Waals surface area contributed by atoms with Gasteiger partial charge in [-0.15, -0.1) is 0 Å². The van der Waals surface area contributed by atoms with Crippen LogP contribution in [0.2, 0.25) is 0 Å². The summed E-state index contributed by atoms with van der Waals surface area (Å²) in [6.45, 7) is 6.34. The highest BCUT2D eigenvalue weighted by molar-refractivity contribution is 7.71. The Morgan fingerprint density at radius 1 is 1.19 bits per heavy atom. The molecule has 2 N–H and O–H groups in total. The van der Waals surface area contributed by atoms with Gasteiger partial charge in [-0.25, -0.2) is 0 Å². The highest BCUT2D eigenvalue weighted by Gasteiger charge is 2.14. The largest absolute Gasteiger partial charge is 0.324 e. The van der Waals surface area contributed by atoms with E-state index < -0.39 is 0 Å². The SMILES string of the molecule is Cc1ccc(-c2n[nH]c(=S)n2CC(=O)Nc2ccccc2C(C)C)cc1. The first-order chi connectivity index (χ1) is 12.5. The van der Waals surface area contributed by atoms with Crippen molar-refractivity contribution in [2.24, 2.45) is 0 Å². The van der Waals surface area contributed by atoms with Gasteiger partial charge in [0.05, 0.1) is 0 Å². The van der Waals surface area contributed by atoms with Gasteiger partial charge in [0.25, 0.3) is 0 Å². The van der Waals surface area contributed by atoms with Crippen molar-refractivity contribution < 1.29 is 4.79 Å². The number of carbonyl (C=O) groups excluding carboxylic acids is 1. The lowest BCUT2D eigenvalue weighted by Crippen LogP contribution is -2.20. The maximum atomic E-state index is 12.6. The Morgan fingerprint density at radius 3 is 2.58 bits per heavy atom. The predicted octanol–water partition coefficient (Wildman–Crippen LogP) is 4.68. The predicted molar refractivity (Wildman–Crippen MR) is 107 cm³/mol. The van der Waals surface area contributed by atoms with E-state index in [2.05, 4.69) is 29.4 Å². The van der Waals surface area contributed by atoms with Gasteiger partial charge >= 0.3 is 0 Å². The molecule has 0 aliphatic rings. The van der Waals surface area contributed by atoms with Crippen molar-refractivity contribution in [2.45, 2.75) is 33.2 Å². The maximum absolute atomic E-state index is 12.6. The molecule has 1 heterocycles. The summed E-state index contributed by atoms with van der Waals surface area (Å²) in [6.07, 6.45) is 0. The Balaban J connectivity index is 1.84. The van der Waals surface area contributed by atoms with Crippen LogP contribution in [0, 0.1) is 11.7 Å². The van der Waals surface area contributed by atoms with Crippen LogP contribution in [0.15, 0.2) is 48.5 Å². The number of amides is 1. The number of rotatable bonds is 5. The van der Waals surface area contributed by atoms with Crippen molar-refractivity contribution in [3.05, 3.63) is 64.4 Å². The minimum atomic E-state index is -0.135. The second-order valence-corrected chi connectivity index (χ2v) is 6.98. The molecular formula is C20H22N4OS. The molecule has 3 rings (SSSR count). The Morgan fingerprint density at radius 2 is 1.88 bits per heavy atom. The summed E-state index contributed by atoms with van der Waals surface area (Å²) in [5.41, 5.74) is 4.02. The molecule has 2 aromatic carbocycles. The van der Waals surface area contributed by atoms with Crippen molar-refractivity contribution in [1.29, 1.82) is 0 Å². The Labute approximate surface area is 158 Å². The average Bonchev–Trinajstić information content (AvgIpc) is 2.96. The molecule has 0 bridgehead atoms. The van der Waals surface area contributed by atoms with E-state index in [0.29, 0.717) is 16.5 Å². The third-order valence-electron chi connectivity index (χ3n) is 4.23. The molecule has 134 valence electrons. The van der Waals surface area contributed by atoms with E-state index in [1.54, 1.807) is 4.57 Å². The number of aromatic amines is 1. The van der Waals surface area contributed by atoms with Crippen molar-refractivity contribution in [1.82, 2.24) is 14.8 Å². The number of H-pyrrole nitrogens is 1. The van der Waals surface area contributed by atoms with Gasteiger partial charge in [0, 0.05) is 11.3 Å². The van der Waals surface area contributed by atoms with E-state index in [9.17, 15) is 4.79 Å². The van der Waals surface area contributed by atoms with Crippen molar-refractivity contribution in [3.63, 3.8) is 0 Å². The monoisotopic (exact) mass is 366 g/mol. The zero-order valence-electron chi connectivity index (χ0n) is 15.1. The molecule has 0 atom stereocenters. The van der Waals surface area contributed by atoms with Crippen LogP contribution < -0.4 is 5.32 Å². The second-order valence-electron chi connectivity index (χ2n) is 6.59. The molecule has 0 unspecified atom stereocenters. The third kappa shape index (κ3) is 3.91. The number of benzene rings is 2. The highest BCUT2D eigenvalue weighted by Crippen LogP contribution is 2.24. The number of anilines is 1. The van der Waals surface area contributed by atoms with Crippen LogP contribution in [0.4, 0.5) is 5.69 Å². The summed E-state index contributed by atoms with van der Waals surface area (Å²) in [7, 11) is 0. The van der Waals surface area contributed by atoms with Crippen LogP contribution in [-0.4, -0.2) is 20.7 Å². The lowest BCUT2D eigenvalue weighted by Gasteiger charge is -2.14. The normalized spacial score (nSPS) is 10.9. The molecule has 0 aliphatic carbocycles. The summed E-state index contributed by atoms with van der Waals surface area (Å²) in [6, 6.07) is 15.8. The van der Waals surface area contributed by atoms with Crippen molar-refractivity contribution in [2.75, 3.05) is 5.32 Å². The van der Waals surface area contributed by atoms with E-state index in [0.717, 1.165) is 22.4 Å². The van der Waals surface area contributed by atoms with Crippen LogP contribution in [0.3, 0.4) is 0 Å². The fourth-order valence-corrected chi connectivity index (χ4v) is 3.03. The second kappa shape index (κ2) is 7.66. The van der Waals surface area contributed by atoms with Crippen molar-refractivity contribution >= 4 is 23.8 Å². The summed E-state index contributed by atoms with van der Waals surface area (Å²) in [5, 5.41) is 10.1. The standard InChI is InChI=1S/C20H22N4OS/c1-13(2)16-6-4-5-7-17(16)21-18(25)12-24-19(22-23-20(24)26)15-10-8-14(3)9-11-15/h4-11,13H,12H2,1-3H3,(H,21,25)(H,23,26). The molecule has 1 amide bonds. The lowest BCUT2D eigenvalue weighted by atomic mass is 10.0. The fraction of sp³-hybridized carbons (Fsp3) is 0.250. The molecular weight excluding hydrogens is 344 g/mol. The molecule has 0 spiro atoms. The molecule has 5 nitrogen and oxygen atoms in total. The molecule has 6 heteroatoms. The van der Waals surface area contributed by atoms with E-state index in [4.69, 9.17) is 12.2 Å². The fourth-order valence-electron chi connectivity index (χ4n) is 2.84. The Hall–Kier alpha value is -2.73. The molecule has 0 saturated carbocycles. The van der Waals surface area contributed by atoms with Gasteiger partial charge in [0.2, 0.25) is 5.91 Å². The maximum Gasteiger partial charge on any atom is 0.244 e. The van der Waals surface area contributed by atoms with Crippen LogP contribution >= 0.6 is 12.2 Å². The number of para-hydroxylation sites is 1. The van der Waals surface area contributed by atoms with E-state index in [1.165, 1.54) is 0 Å². The van der Waals surface area contributed by atoms with Crippen LogP contribution in [0.1, 0.15) is 30.9 Å². The molecule has 26 heavy (non-hydrogen) atoms. The number of carbonyl (C=O) groups is 1. The Kier molecular flexibility index (Phi) is 5.32. The van der Waals surface area contributed by atoms with Gasteiger partial charge in [-0.3, -0.25) is 14.5 Å². The van der Waals surface area contributed by atoms with Gasteiger partial charge in [-0.05, 0) is 36.7 Å². The van der Waals surface area contributed by atoms with E-state index in [1.807, 2.05) is 55.5 Å². The molecule has 0 radical (unpaired) electrons. The van der Waals surface area contributed by atoms with Gasteiger partial charge < -0.3 is 5.32 Å². The molecule has 3 aromatic rings. The summed E-state index contributed by atoms with van der Waals surface area (Å²) in [5.74, 6) is 0.844. The number of nitrogens with zero attached hydrogens (tertiary/aromatic N) is 2. The molecule has 0 fully saturated rings. The Bertz CT molecular complexity index is 970. The highest BCUT2D eigenvalue weighted by atomic mass is 32.1. The number of aromatic nitrogens is 3. The van der Waals surface area contributed by atoms with E-state index >= 15 is 0 Å². The number of aryl methyl sites for hydroxylation is 1. The summed E-state index contributed by atoms with van der Waals surface area (Å²) in [4.78, 5) is 12.6. The zero-order chi connectivity index (χ0) is 18.7. The number of nitrogens with one attached hydrogen (secondary N) is 2. The van der Waals surface area contributed by atoms with Gasteiger partial charge in [-0.1, -0.05) is 61.9 Å². The minimum absolute atomic E-state index is 0.102. The zero-order valence-corrected chi connectivity index (χ0v) is 15.9. The van der Waals surface area contributed by atoms with Crippen LogP contribution in [-0.2, 0) is 11.3 Å². The van der Waals surface area contributed by atoms with Gasteiger partial charge in [0.1, 0.15) is 6.54 Å². The summed E-state index contributed by atoms with van der Waals surface area (Å²) >= 11 is 5.31. The van der Waals surface area contributed by atoms with Crippen LogP contribution in [0.25, 0.3) is 11.4 Å². The first-order valence-corrected chi connectivity index (χ1v) is 8.97. The molecule has 0 saturated heterocycles. The first kappa shape index (κ1) is 18.1. The smallest absolute Gasteiger partial charge is 0.244 e. The quantitative estimate of drug-likeness (QED) is 0.645. The molecule has 1 aromatic heterocycles. The lowest BCUT2D eigenvalue weighted by molar-refractivity contribution is -0.116. The van der Waals surface area contributed by atoms with Crippen LogP contribution in [0.5, 0.6) is 0 Å². The number of hydrogen-bond acceptors (Lipinski definition) is 3. The third-order valence-corrected chi connectivity index (χ3v) is 4.54.